The van der Waals surface area contributed by atoms with Crippen molar-refractivity contribution < 1.29 is 14.3 Å². The van der Waals surface area contributed by atoms with Crippen molar-refractivity contribution in [3.63, 3.8) is 0 Å². The van der Waals surface area contributed by atoms with E-state index in [-0.39, 0.29) is 5.56 Å². The van der Waals surface area contributed by atoms with E-state index in [9.17, 15) is 9.18 Å². The number of rotatable bonds is 2. The van der Waals surface area contributed by atoms with Crippen molar-refractivity contribution >= 4 is 28.3 Å². The Balaban J connectivity index is 2.18. The minimum Gasteiger partial charge on any atom is -0.478 e. The zero-order valence-corrected chi connectivity index (χ0v) is 10.6. The van der Waals surface area contributed by atoms with Crippen LogP contribution in [0.2, 0.25) is 0 Å². The smallest absolute Gasteiger partial charge is 0.338 e. The number of thiazole rings is 1. The molecule has 7 heteroatoms. The molecule has 3 aromatic rings. The summed E-state index contributed by atoms with van der Waals surface area (Å²) in [4.78, 5) is 23.0. The number of H-pyrrole nitrogens is 1. The highest BCUT2D eigenvalue weighted by atomic mass is 32.1. The first kappa shape index (κ1) is 11.8. The molecule has 19 heavy (non-hydrogen) atoms. The number of aromatic amines is 1. The summed E-state index contributed by atoms with van der Waals surface area (Å²) >= 11 is 1.46. The maximum atomic E-state index is 13.5. The van der Waals surface area contributed by atoms with Gasteiger partial charge >= 0.3 is 5.97 Å². The van der Waals surface area contributed by atoms with Gasteiger partial charge in [-0.25, -0.2) is 19.2 Å². The first-order valence-electron chi connectivity index (χ1n) is 5.40. The molecule has 0 bridgehead atoms. The highest BCUT2D eigenvalue weighted by Crippen LogP contribution is 2.26. The Labute approximate surface area is 110 Å². The van der Waals surface area contributed by atoms with Crippen LogP contribution < -0.4 is 0 Å². The molecular formula is C12H8FN3O2S. The summed E-state index contributed by atoms with van der Waals surface area (Å²) in [6.45, 7) is 1.87. The molecular weight excluding hydrogens is 269 g/mol. The van der Waals surface area contributed by atoms with Crippen LogP contribution >= 0.6 is 11.3 Å². The number of carboxylic acids is 1. The number of nitrogens with one attached hydrogen (secondary N) is 1. The second-order valence-corrected chi connectivity index (χ2v) is 5.22. The van der Waals surface area contributed by atoms with Gasteiger partial charge in [-0.2, -0.15) is 0 Å². The molecule has 0 radical (unpaired) electrons. The number of aromatic nitrogens is 3. The normalized spacial score (nSPS) is 11.1. The lowest BCUT2D eigenvalue weighted by Gasteiger charge is -1.95. The average Bonchev–Trinajstić information content (AvgIpc) is 2.93. The quantitative estimate of drug-likeness (QED) is 0.755. The molecule has 5 nitrogen and oxygen atoms in total. The van der Waals surface area contributed by atoms with Crippen molar-refractivity contribution in [2.45, 2.75) is 6.92 Å². The van der Waals surface area contributed by atoms with Crippen molar-refractivity contribution in [1.82, 2.24) is 15.0 Å². The highest BCUT2D eigenvalue weighted by molar-refractivity contribution is 7.14. The SMILES string of the molecule is Cc1ncc(-c2nc3cc(C(=O)O)c(F)cc3[nH]2)s1. The number of imidazole rings is 1. The Morgan fingerprint density at radius 3 is 2.89 bits per heavy atom. The Morgan fingerprint density at radius 1 is 1.47 bits per heavy atom. The first-order valence-corrected chi connectivity index (χ1v) is 6.21. The van der Waals surface area contributed by atoms with Gasteiger partial charge in [0, 0.05) is 12.3 Å². The predicted octanol–water partition coefficient (Wildman–Crippen LogP) is 2.83. The number of benzene rings is 1. The molecule has 0 amide bonds. The molecule has 2 N–H and O–H groups in total. The van der Waals surface area contributed by atoms with Gasteiger partial charge in [0.2, 0.25) is 0 Å². The molecule has 96 valence electrons. The van der Waals surface area contributed by atoms with Crippen LogP contribution in [0.4, 0.5) is 4.39 Å². The van der Waals surface area contributed by atoms with E-state index in [0.717, 1.165) is 16.0 Å². The maximum absolute atomic E-state index is 13.5. The maximum Gasteiger partial charge on any atom is 0.338 e. The first-order chi connectivity index (χ1) is 9.04. The van der Waals surface area contributed by atoms with E-state index in [4.69, 9.17) is 5.11 Å². The molecule has 0 aliphatic heterocycles. The second-order valence-electron chi connectivity index (χ2n) is 3.98. The molecule has 0 saturated heterocycles. The van der Waals surface area contributed by atoms with Crippen LogP contribution in [-0.2, 0) is 0 Å². The third-order valence-corrected chi connectivity index (χ3v) is 3.58. The van der Waals surface area contributed by atoms with Gasteiger partial charge in [-0.05, 0) is 13.0 Å². The van der Waals surface area contributed by atoms with Crippen LogP contribution in [0, 0.1) is 12.7 Å². The molecule has 2 heterocycles. The number of aryl methyl sites for hydroxylation is 1. The number of carbonyl (C=O) groups is 1. The van der Waals surface area contributed by atoms with Gasteiger partial charge in [-0.3, -0.25) is 0 Å². The van der Waals surface area contributed by atoms with Crippen LogP contribution in [0.3, 0.4) is 0 Å². The lowest BCUT2D eigenvalue weighted by atomic mass is 10.2. The summed E-state index contributed by atoms with van der Waals surface area (Å²) in [7, 11) is 0. The van der Waals surface area contributed by atoms with Gasteiger partial charge < -0.3 is 10.1 Å². The topological polar surface area (TPSA) is 78.9 Å². The summed E-state index contributed by atoms with van der Waals surface area (Å²) < 4.78 is 13.5. The number of hydrogen-bond acceptors (Lipinski definition) is 4. The van der Waals surface area contributed by atoms with Crippen LogP contribution in [0.1, 0.15) is 15.4 Å². The van der Waals surface area contributed by atoms with Crippen molar-refractivity contribution in [1.29, 1.82) is 0 Å². The molecule has 0 saturated carbocycles. The van der Waals surface area contributed by atoms with E-state index in [1.54, 1.807) is 6.20 Å². The Bertz CT molecular complexity index is 793. The lowest BCUT2D eigenvalue weighted by molar-refractivity contribution is 0.0692. The monoisotopic (exact) mass is 277 g/mol. The summed E-state index contributed by atoms with van der Waals surface area (Å²) in [5.74, 6) is -1.53. The third kappa shape index (κ3) is 1.97. The number of aromatic carboxylic acids is 1. The lowest BCUT2D eigenvalue weighted by Crippen LogP contribution is -1.99. The van der Waals surface area contributed by atoms with Crippen LogP contribution in [0.5, 0.6) is 0 Å². The Kier molecular flexibility index (Phi) is 2.56. The average molecular weight is 277 g/mol. The molecule has 3 rings (SSSR count). The van der Waals surface area contributed by atoms with E-state index >= 15 is 0 Å². The molecule has 1 aromatic carbocycles. The number of fused-ring (bicyclic) bond motifs is 1. The van der Waals surface area contributed by atoms with Crippen LogP contribution in [-0.4, -0.2) is 26.0 Å². The number of nitrogens with zero attached hydrogens (tertiary/aromatic N) is 2. The zero-order chi connectivity index (χ0) is 13.6. The number of halogens is 1. The van der Waals surface area contributed by atoms with Gasteiger partial charge in [0.1, 0.15) is 11.6 Å². The van der Waals surface area contributed by atoms with Gasteiger partial charge in [0.25, 0.3) is 0 Å². The summed E-state index contributed by atoms with van der Waals surface area (Å²) in [5, 5.41) is 9.76. The minimum absolute atomic E-state index is 0.383. The van der Waals surface area contributed by atoms with Gasteiger partial charge in [0.15, 0.2) is 0 Å². The molecule has 0 atom stereocenters. The fourth-order valence-corrected chi connectivity index (χ4v) is 2.50. The van der Waals surface area contributed by atoms with Crippen molar-refractivity contribution in [3.8, 4) is 10.7 Å². The summed E-state index contributed by atoms with van der Waals surface area (Å²) in [5.41, 5.74) is 0.495. The molecule has 2 aromatic heterocycles. The van der Waals surface area contributed by atoms with E-state index < -0.39 is 11.8 Å². The van der Waals surface area contributed by atoms with Gasteiger partial charge in [-0.1, -0.05) is 0 Å². The van der Waals surface area contributed by atoms with Crippen molar-refractivity contribution in [2.75, 3.05) is 0 Å². The largest absolute Gasteiger partial charge is 0.478 e. The van der Waals surface area contributed by atoms with E-state index in [0.29, 0.717) is 16.9 Å². The summed E-state index contributed by atoms with van der Waals surface area (Å²) in [6.07, 6.45) is 1.67. The summed E-state index contributed by atoms with van der Waals surface area (Å²) in [6, 6.07) is 2.37. The Morgan fingerprint density at radius 2 is 2.26 bits per heavy atom. The van der Waals surface area contributed by atoms with E-state index in [1.165, 1.54) is 17.4 Å². The standard InChI is InChI=1S/C12H8FN3O2S/c1-5-14-4-10(19-5)11-15-8-2-6(12(17)18)7(13)3-9(8)16-11/h2-4H,1H3,(H,15,16)(H,17,18). The molecule has 0 spiro atoms. The van der Waals surface area contributed by atoms with E-state index in [2.05, 4.69) is 15.0 Å². The third-order valence-electron chi connectivity index (χ3n) is 2.66. The number of carboxylic acid groups (broad SMARTS) is 1. The van der Waals surface area contributed by atoms with Gasteiger partial charge in [0.05, 0.1) is 26.5 Å². The molecule has 0 unspecified atom stereocenters. The molecule has 0 fully saturated rings. The van der Waals surface area contributed by atoms with Crippen molar-refractivity contribution in [2.24, 2.45) is 0 Å². The highest BCUT2D eigenvalue weighted by Gasteiger charge is 2.15. The second kappa shape index (κ2) is 4.13. The minimum atomic E-state index is -1.31. The fraction of sp³-hybridized carbons (Fsp3) is 0.0833. The fourth-order valence-electron chi connectivity index (χ4n) is 1.78. The number of hydrogen-bond donors (Lipinski definition) is 2. The molecule has 0 aliphatic carbocycles. The predicted molar refractivity (Wildman–Crippen MR) is 68.9 cm³/mol. The van der Waals surface area contributed by atoms with Crippen LogP contribution in [0.25, 0.3) is 21.7 Å². The molecule has 0 aliphatic rings. The van der Waals surface area contributed by atoms with Gasteiger partial charge in [-0.15, -0.1) is 11.3 Å². The Hall–Kier alpha value is -2.28. The van der Waals surface area contributed by atoms with Crippen molar-refractivity contribution in [3.05, 3.63) is 34.7 Å². The van der Waals surface area contributed by atoms with Crippen LogP contribution in [0.15, 0.2) is 18.3 Å². The van der Waals surface area contributed by atoms with E-state index in [1.807, 2.05) is 6.92 Å². The zero-order valence-electron chi connectivity index (χ0n) is 9.77.